The quantitative estimate of drug-likeness (QED) is 0.456. The second kappa shape index (κ2) is 8.88. The van der Waals surface area contributed by atoms with E-state index in [1.807, 2.05) is 17.7 Å². The second-order valence-corrected chi connectivity index (χ2v) is 8.34. The number of fused-ring (bicyclic) bond motifs is 3. The molecule has 1 aliphatic rings. The van der Waals surface area contributed by atoms with Gasteiger partial charge in [-0.25, -0.2) is 0 Å². The standard InChI is InChI=1S/C25H28N4O2.ClH/c1-15-11-16(2)29(28-15)14-18-12-17(5-8-23(18)31-4)24-25-20(9-10-26-24)21-13-19(30-3)6-7-22(21)27-25;/h5-8,11-13,24,26-27H,9-10,14H2,1-4H3;1H. The minimum atomic E-state index is 0. The fourth-order valence-corrected chi connectivity index (χ4v) is 4.84. The maximum absolute atomic E-state index is 5.68. The highest BCUT2D eigenvalue weighted by Crippen LogP contribution is 2.34. The van der Waals surface area contributed by atoms with E-state index in [1.165, 1.54) is 27.7 Å². The maximum atomic E-state index is 5.68. The summed E-state index contributed by atoms with van der Waals surface area (Å²) < 4.78 is 13.2. The van der Waals surface area contributed by atoms with Crippen molar-refractivity contribution in [2.75, 3.05) is 20.8 Å². The van der Waals surface area contributed by atoms with Crippen LogP contribution in [0.1, 0.15) is 39.8 Å². The van der Waals surface area contributed by atoms with Crippen LogP contribution in [0.15, 0.2) is 42.5 Å². The fourth-order valence-electron chi connectivity index (χ4n) is 4.84. The highest BCUT2D eigenvalue weighted by atomic mass is 35.5. The summed E-state index contributed by atoms with van der Waals surface area (Å²) in [6.45, 7) is 5.87. The molecular weight excluding hydrogens is 424 g/mol. The number of rotatable bonds is 5. The molecule has 0 spiro atoms. The number of nitrogens with two attached hydrogens (primary N) is 1. The van der Waals surface area contributed by atoms with E-state index in [4.69, 9.17) is 9.47 Å². The highest BCUT2D eigenvalue weighted by molar-refractivity contribution is 5.86. The number of H-pyrrole nitrogens is 1. The SMILES string of the molecule is COc1ccc2[nH]c3c(c2c1)CC[NH2+]C3c1ccc(OC)c(Cn2nc(C)cc2C)c1.[Cl-]. The summed E-state index contributed by atoms with van der Waals surface area (Å²) in [5.74, 6) is 1.80. The first-order valence-corrected chi connectivity index (χ1v) is 10.8. The predicted octanol–water partition coefficient (Wildman–Crippen LogP) is 0.260. The number of hydrogen-bond acceptors (Lipinski definition) is 3. The third-order valence-electron chi connectivity index (χ3n) is 6.34. The van der Waals surface area contributed by atoms with Crippen molar-refractivity contribution in [2.45, 2.75) is 32.9 Å². The molecular formula is C25H29ClN4O2. The van der Waals surface area contributed by atoms with E-state index >= 15 is 0 Å². The molecule has 5 rings (SSSR count). The molecule has 1 aliphatic heterocycles. The van der Waals surface area contributed by atoms with Gasteiger partial charge in [-0.15, -0.1) is 0 Å². The first-order valence-electron chi connectivity index (χ1n) is 10.8. The normalized spacial score (nSPS) is 15.3. The Balaban J connectivity index is 0.00000245. The van der Waals surface area contributed by atoms with Gasteiger partial charge in [-0.2, -0.15) is 5.10 Å². The van der Waals surface area contributed by atoms with E-state index in [-0.39, 0.29) is 18.4 Å². The van der Waals surface area contributed by atoms with Crippen LogP contribution in [0, 0.1) is 13.8 Å². The van der Waals surface area contributed by atoms with Gasteiger partial charge in [-0.3, -0.25) is 4.68 Å². The van der Waals surface area contributed by atoms with Crippen LogP contribution in [0.4, 0.5) is 0 Å². The zero-order valence-corrected chi connectivity index (χ0v) is 19.7. The molecule has 0 amide bonds. The Hall–Kier alpha value is -2.96. The molecule has 0 bridgehead atoms. The predicted molar refractivity (Wildman–Crippen MR) is 121 cm³/mol. The minimum Gasteiger partial charge on any atom is -1.00 e. The molecule has 0 aliphatic carbocycles. The van der Waals surface area contributed by atoms with Crippen molar-refractivity contribution in [3.05, 3.63) is 76.2 Å². The van der Waals surface area contributed by atoms with E-state index in [0.717, 1.165) is 41.4 Å². The van der Waals surface area contributed by atoms with Crippen LogP contribution in [0.2, 0.25) is 0 Å². The van der Waals surface area contributed by atoms with Crippen LogP contribution < -0.4 is 27.2 Å². The smallest absolute Gasteiger partial charge is 0.153 e. The molecule has 1 atom stereocenters. The summed E-state index contributed by atoms with van der Waals surface area (Å²) in [5.41, 5.74) is 8.46. The van der Waals surface area contributed by atoms with Gasteiger partial charge in [0.1, 0.15) is 11.5 Å². The van der Waals surface area contributed by atoms with Gasteiger partial charge in [0.05, 0.1) is 38.7 Å². The van der Waals surface area contributed by atoms with E-state index < -0.39 is 0 Å². The van der Waals surface area contributed by atoms with Gasteiger partial charge < -0.3 is 32.2 Å². The summed E-state index contributed by atoms with van der Waals surface area (Å²) in [6.07, 6.45) is 1.05. The third-order valence-corrected chi connectivity index (χ3v) is 6.34. The molecule has 2 aromatic heterocycles. The van der Waals surface area contributed by atoms with Crippen LogP contribution in [0.5, 0.6) is 11.5 Å². The van der Waals surface area contributed by atoms with Crippen molar-refractivity contribution in [3.63, 3.8) is 0 Å². The lowest BCUT2D eigenvalue weighted by molar-refractivity contribution is -0.690. The Morgan fingerprint density at radius 3 is 2.66 bits per heavy atom. The first kappa shape index (κ1) is 22.2. The van der Waals surface area contributed by atoms with E-state index in [2.05, 4.69) is 58.7 Å². The van der Waals surface area contributed by atoms with Gasteiger partial charge in [0.2, 0.25) is 0 Å². The molecule has 32 heavy (non-hydrogen) atoms. The van der Waals surface area contributed by atoms with Crippen LogP contribution in [-0.2, 0) is 13.0 Å². The summed E-state index contributed by atoms with van der Waals surface area (Å²) in [7, 11) is 3.45. The molecule has 7 heteroatoms. The maximum Gasteiger partial charge on any atom is 0.153 e. The van der Waals surface area contributed by atoms with Crippen molar-refractivity contribution in [1.82, 2.24) is 14.8 Å². The summed E-state index contributed by atoms with van der Waals surface area (Å²) >= 11 is 0. The van der Waals surface area contributed by atoms with Gasteiger partial charge in [0, 0.05) is 34.1 Å². The summed E-state index contributed by atoms with van der Waals surface area (Å²) in [6, 6.07) is 15.2. The Morgan fingerprint density at radius 2 is 1.94 bits per heavy atom. The number of nitrogens with one attached hydrogen (secondary N) is 1. The van der Waals surface area contributed by atoms with Crippen LogP contribution in [0.25, 0.3) is 10.9 Å². The number of benzene rings is 2. The lowest BCUT2D eigenvalue weighted by Gasteiger charge is -2.22. The average Bonchev–Trinajstić information content (AvgIpc) is 3.31. The number of nitrogens with zero attached hydrogens (tertiary/aromatic N) is 2. The zero-order chi connectivity index (χ0) is 21.5. The van der Waals surface area contributed by atoms with Crippen molar-refractivity contribution in [1.29, 1.82) is 0 Å². The second-order valence-electron chi connectivity index (χ2n) is 8.34. The Labute approximate surface area is 194 Å². The topological polar surface area (TPSA) is 68.7 Å². The van der Waals surface area contributed by atoms with Crippen molar-refractivity contribution in [2.24, 2.45) is 0 Å². The molecule has 6 nitrogen and oxygen atoms in total. The average molecular weight is 453 g/mol. The van der Waals surface area contributed by atoms with Gasteiger partial charge in [0.15, 0.2) is 6.04 Å². The van der Waals surface area contributed by atoms with Crippen LogP contribution >= 0.6 is 0 Å². The number of methoxy groups -OCH3 is 2. The van der Waals surface area contributed by atoms with Crippen molar-refractivity contribution >= 4 is 10.9 Å². The summed E-state index contributed by atoms with van der Waals surface area (Å²) in [4.78, 5) is 3.69. The third kappa shape index (κ3) is 3.85. The van der Waals surface area contributed by atoms with E-state index in [0.29, 0.717) is 6.54 Å². The van der Waals surface area contributed by atoms with E-state index in [1.54, 1.807) is 14.2 Å². The van der Waals surface area contributed by atoms with Gasteiger partial charge in [-0.05, 0) is 61.9 Å². The lowest BCUT2D eigenvalue weighted by Crippen LogP contribution is -3.00. The Kier molecular flexibility index (Phi) is 6.17. The largest absolute Gasteiger partial charge is 1.00 e. The van der Waals surface area contributed by atoms with Crippen LogP contribution in [0.3, 0.4) is 0 Å². The molecule has 0 saturated heterocycles. The molecule has 4 aromatic rings. The molecule has 3 heterocycles. The summed E-state index contributed by atoms with van der Waals surface area (Å²) in [5, 5.41) is 8.33. The lowest BCUT2D eigenvalue weighted by atomic mass is 9.93. The number of aryl methyl sites for hydroxylation is 2. The molecule has 3 N–H and O–H groups in total. The van der Waals surface area contributed by atoms with Crippen LogP contribution in [-0.4, -0.2) is 35.5 Å². The fraction of sp³-hybridized carbons (Fsp3) is 0.320. The van der Waals surface area contributed by atoms with E-state index in [9.17, 15) is 0 Å². The van der Waals surface area contributed by atoms with Crippen molar-refractivity contribution < 1.29 is 27.2 Å². The van der Waals surface area contributed by atoms with Gasteiger partial charge in [-0.1, -0.05) is 0 Å². The molecule has 1 unspecified atom stereocenters. The number of aromatic nitrogens is 3. The number of ether oxygens (including phenoxy) is 2. The first-order chi connectivity index (χ1) is 15.1. The highest BCUT2D eigenvalue weighted by Gasteiger charge is 2.29. The van der Waals surface area contributed by atoms with Gasteiger partial charge >= 0.3 is 0 Å². The van der Waals surface area contributed by atoms with Gasteiger partial charge in [0.25, 0.3) is 0 Å². The molecule has 0 radical (unpaired) electrons. The number of quaternary nitrogens is 1. The number of halogens is 1. The monoisotopic (exact) mass is 452 g/mol. The Morgan fingerprint density at radius 1 is 1.09 bits per heavy atom. The van der Waals surface area contributed by atoms with Crippen molar-refractivity contribution in [3.8, 4) is 11.5 Å². The zero-order valence-electron chi connectivity index (χ0n) is 18.9. The Bertz CT molecular complexity index is 1260. The minimum absolute atomic E-state index is 0. The molecule has 168 valence electrons. The number of aromatic amines is 1. The molecule has 2 aromatic carbocycles. The molecule has 0 fully saturated rings. The number of hydrogen-bond donors (Lipinski definition) is 2. The molecule has 0 saturated carbocycles.